The van der Waals surface area contributed by atoms with Gasteiger partial charge in [0.15, 0.2) is 0 Å². The molecule has 2 aromatic carbocycles. The van der Waals surface area contributed by atoms with Gasteiger partial charge in [-0.25, -0.2) is 4.68 Å². The zero-order chi connectivity index (χ0) is 16.4. The standard InChI is InChI=1S/C18H16ClN3O/c1-12-16(19)17(22(21-12)13-8-4-3-5-9-13)14-10-6-7-11-15(14)18(23)20-2/h3-11H,1-2H3,(H,20,23). The van der Waals surface area contributed by atoms with E-state index < -0.39 is 0 Å². The number of hydrogen-bond donors (Lipinski definition) is 1. The van der Waals surface area contributed by atoms with Crippen LogP contribution >= 0.6 is 11.6 Å². The van der Waals surface area contributed by atoms with Crippen molar-refractivity contribution in [2.24, 2.45) is 0 Å². The van der Waals surface area contributed by atoms with Gasteiger partial charge in [0.2, 0.25) is 0 Å². The van der Waals surface area contributed by atoms with Gasteiger partial charge in [-0.3, -0.25) is 4.79 Å². The predicted octanol–water partition coefficient (Wildman–Crippen LogP) is 3.86. The quantitative estimate of drug-likeness (QED) is 0.794. The van der Waals surface area contributed by atoms with Crippen molar-refractivity contribution in [3.05, 3.63) is 70.9 Å². The largest absolute Gasteiger partial charge is 0.355 e. The van der Waals surface area contributed by atoms with Crippen molar-refractivity contribution in [2.45, 2.75) is 6.92 Å². The van der Waals surface area contributed by atoms with Gasteiger partial charge in [-0.1, -0.05) is 48.0 Å². The van der Waals surface area contributed by atoms with Gasteiger partial charge in [0.25, 0.3) is 5.91 Å². The van der Waals surface area contributed by atoms with Gasteiger partial charge in [-0.15, -0.1) is 0 Å². The zero-order valence-corrected chi connectivity index (χ0v) is 13.6. The predicted molar refractivity (Wildman–Crippen MR) is 92.1 cm³/mol. The Labute approximate surface area is 139 Å². The van der Waals surface area contributed by atoms with E-state index in [1.807, 2.05) is 55.5 Å². The van der Waals surface area contributed by atoms with Gasteiger partial charge in [0.1, 0.15) is 0 Å². The second-order valence-electron chi connectivity index (χ2n) is 5.12. The molecule has 0 aliphatic heterocycles. The lowest BCUT2D eigenvalue weighted by molar-refractivity contribution is 0.0963. The highest BCUT2D eigenvalue weighted by molar-refractivity contribution is 6.34. The van der Waals surface area contributed by atoms with Crippen molar-refractivity contribution in [2.75, 3.05) is 7.05 Å². The number of benzene rings is 2. The zero-order valence-electron chi connectivity index (χ0n) is 12.9. The second-order valence-corrected chi connectivity index (χ2v) is 5.50. The van der Waals surface area contributed by atoms with Crippen LogP contribution < -0.4 is 5.32 Å². The molecule has 1 amide bonds. The van der Waals surface area contributed by atoms with E-state index in [9.17, 15) is 4.79 Å². The van der Waals surface area contributed by atoms with Crippen LogP contribution in [-0.4, -0.2) is 22.7 Å². The average Bonchev–Trinajstić information content (AvgIpc) is 2.90. The third kappa shape index (κ3) is 2.73. The molecule has 0 saturated carbocycles. The average molecular weight is 326 g/mol. The minimum absolute atomic E-state index is 0.157. The highest BCUT2D eigenvalue weighted by Gasteiger charge is 2.21. The van der Waals surface area contributed by atoms with Gasteiger partial charge in [0.05, 0.1) is 22.1 Å². The van der Waals surface area contributed by atoms with Crippen LogP contribution in [0, 0.1) is 6.92 Å². The lowest BCUT2D eigenvalue weighted by Gasteiger charge is -2.12. The van der Waals surface area contributed by atoms with Crippen molar-refractivity contribution >= 4 is 17.5 Å². The molecule has 1 aromatic heterocycles. The third-order valence-corrected chi connectivity index (χ3v) is 4.09. The minimum atomic E-state index is -0.157. The molecule has 0 bridgehead atoms. The van der Waals surface area contributed by atoms with Crippen LogP contribution in [0.5, 0.6) is 0 Å². The smallest absolute Gasteiger partial charge is 0.251 e. The van der Waals surface area contributed by atoms with E-state index in [1.54, 1.807) is 17.8 Å². The van der Waals surface area contributed by atoms with Crippen LogP contribution in [0.3, 0.4) is 0 Å². The van der Waals surface area contributed by atoms with Crippen LogP contribution in [0.4, 0.5) is 0 Å². The molecular formula is C18H16ClN3O. The highest BCUT2D eigenvalue weighted by Crippen LogP contribution is 2.34. The van der Waals surface area contributed by atoms with E-state index in [0.29, 0.717) is 10.6 Å². The number of rotatable bonds is 3. The first kappa shape index (κ1) is 15.3. The SMILES string of the molecule is CNC(=O)c1ccccc1-c1c(Cl)c(C)nn1-c1ccccc1. The summed E-state index contributed by atoms with van der Waals surface area (Å²) in [6.07, 6.45) is 0. The molecule has 0 aliphatic carbocycles. The van der Waals surface area contributed by atoms with Crippen molar-refractivity contribution in [3.63, 3.8) is 0 Å². The summed E-state index contributed by atoms with van der Waals surface area (Å²) in [5.74, 6) is -0.157. The highest BCUT2D eigenvalue weighted by atomic mass is 35.5. The molecule has 0 atom stereocenters. The summed E-state index contributed by atoms with van der Waals surface area (Å²) >= 11 is 6.50. The maximum atomic E-state index is 12.2. The third-order valence-electron chi connectivity index (χ3n) is 3.64. The molecule has 0 spiro atoms. The Morgan fingerprint density at radius 2 is 1.74 bits per heavy atom. The number of hydrogen-bond acceptors (Lipinski definition) is 2. The van der Waals surface area contributed by atoms with Crippen LogP contribution in [0.15, 0.2) is 54.6 Å². The number of carbonyl (C=O) groups excluding carboxylic acids is 1. The maximum Gasteiger partial charge on any atom is 0.251 e. The fourth-order valence-corrected chi connectivity index (χ4v) is 2.74. The first-order valence-electron chi connectivity index (χ1n) is 7.25. The summed E-state index contributed by atoms with van der Waals surface area (Å²) in [5.41, 5.74) is 3.64. The summed E-state index contributed by atoms with van der Waals surface area (Å²) in [7, 11) is 1.61. The Bertz CT molecular complexity index is 856. The maximum absolute atomic E-state index is 12.2. The fourth-order valence-electron chi connectivity index (χ4n) is 2.52. The van der Waals surface area contributed by atoms with Gasteiger partial charge in [-0.05, 0) is 25.1 Å². The summed E-state index contributed by atoms with van der Waals surface area (Å²) in [4.78, 5) is 12.2. The topological polar surface area (TPSA) is 46.9 Å². The Kier molecular flexibility index (Phi) is 4.17. The number of aryl methyl sites for hydroxylation is 1. The summed E-state index contributed by atoms with van der Waals surface area (Å²) < 4.78 is 1.78. The molecule has 4 nitrogen and oxygen atoms in total. The van der Waals surface area contributed by atoms with Gasteiger partial charge < -0.3 is 5.32 Å². The molecule has 0 aliphatic rings. The second kappa shape index (κ2) is 6.26. The summed E-state index contributed by atoms with van der Waals surface area (Å²) in [6, 6.07) is 17.1. The van der Waals surface area contributed by atoms with Crippen molar-refractivity contribution in [3.8, 4) is 16.9 Å². The molecule has 0 radical (unpaired) electrons. The summed E-state index contributed by atoms with van der Waals surface area (Å²) in [6.45, 7) is 1.85. The molecule has 5 heteroatoms. The fraction of sp³-hybridized carbons (Fsp3) is 0.111. The normalized spacial score (nSPS) is 10.6. The van der Waals surface area contributed by atoms with Gasteiger partial charge >= 0.3 is 0 Å². The Balaban J connectivity index is 2.28. The number of nitrogens with one attached hydrogen (secondary N) is 1. The first-order chi connectivity index (χ1) is 11.1. The van der Waals surface area contributed by atoms with Crippen LogP contribution in [0.1, 0.15) is 16.1 Å². The van der Waals surface area contributed by atoms with Gasteiger partial charge in [0, 0.05) is 18.2 Å². The molecule has 0 fully saturated rings. The lowest BCUT2D eigenvalue weighted by atomic mass is 10.0. The van der Waals surface area contributed by atoms with E-state index in [0.717, 1.165) is 22.6 Å². The molecule has 3 aromatic rings. The number of nitrogens with zero attached hydrogens (tertiary/aromatic N) is 2. The van der Waals surface area contributed by atoms with E-state index >= 15 is 0 Å². The summed E-state index contributed by atoms with van der Waals surface area (Å²) in [5, 5.41) is 7.75. The number of halogens is 1. The van der Waals surface area contributed by atoms with Crippen molar-refractivity contribution in [1.82, 2.24) is 15.1 Å². The number of carbonyl (C=O) groups is 1. The van der Waals surface area contributed by atoms with E-state index in [-0.39, 0.29) is 5.91 Å². The number of aromatic nitrogens is 2. The number of para-hydroxylation sites is 1. The molecule has 116 valence electrons. The van der Waals surface area contributed by atoms with Crippen LogP contribution in [-0.2, 0) is 0 Å². The van der Waals surface area contributed by atoms with E-state index in [1.165, 1.54) is 0 Å². The Morgan fingerprint density at radius 1 is 1.09 bits per heavy atom. The molecule has 0 unspecified atom stereocenters. The van der Waals surface area contributed by atoms with Crippen molar-refractivity contribution < 1.29 is 4.79 Å². The molecule has 1 heterocycles. The Morgan fingerprint density at radius 3 is 2.43 bits per heavy atom. The lowest BCUT2D eigenvalue weighted by Crippen LogP contribution is -2.19. The van der Waals surface area contributed by atoms with Gasteiger partial charge in [-0.2, -0.15) is 5.10 Å². The molecule has 23 heavy (non-hydrogen) atoms. The molecule has 1 N–H and O–H groups in total. The molecular weight excluding hydrogens is 310 g/mol. The molecule has 3 rings (SSSR count). The van der Waals surface area contributed by atoms with Crippen molar-refractivity contribution in [1.29, 1.82) is 0 Å². The number of amides is 1. The van der Waals surface area contributed by atoms with E-state index in [2.05, 4.69) is 10.4 Å². The Hall–Kier alpha value is -2.59. The first-order valence-corrected chi connectivity index (χ1v) is 7.63. The van der Waals surface area contributed by atoms with Crippen LogP contribution in [0.2, 0.25) is 5.02 Å². The van der Waals surface area contributed by atoms with E-state index in [4.69, 9.17) is 11.6 Å². The van der Waals surface area contributed by atoms with Crippen LogP contribution in [0.25, 0.3) is 16.9 Å². The molecule has 0 saturated heterocycles. The monoisotopic (exact) mass is 325 g/mol. The minimum Gasteiger partial charge on any atom is -0.355 e.